The highest BCUT2D eigenvalue weighted by Gasteiger charge is 2.23. The molecule has 0 radical (unpaired) electrons. The maximum Gasteiger partial charge on any atom is 0.190 e. The highest BCUT2D eigenvalue weighted by molar-refractivity contribution is 7.99. The first-order valence-corrected chi connectivity index (χ1v) is 9.05. The van der Waals surface area contributed by atoms with Gasteiger partial charge in [0.05, 0.1) is 5.39 Å². The van der Waals surface area contributed by atoms with Crippen molar-refractivity contribution in [2.45, 2.75) is 45.2 Å². The molecule has 2 aromatic heterocycles. The Hall–Kier alpha value is -0.810. The molecule has 1 aliphatic rings. The number of rotatable bonds is 3. The molecular weight excluding hydrogens is 286 g/mol. The first kappa shape index (κ1) is 14.1. The molecule has 0 amide bonds. The molecule has 1 aliphatic carbocycles. The van der Waals surface area contributed by atoms with E-state index in [4.69, 9.17) is 10.7 Å². The summed E-state index contributed by atoms with van der Waals surface area (Å²) in [5, 5.41) is 1.96. The van der Waals surface area contributed by atoms with Crippen molar-refractivity contribution >= 4 is 39.1 Å². The van der Waals surface area contributed by atoms with Crippen LogP contribution in [-0.4, -0.2) is 15.7 Å². The van der Waals surface area contributed by atoms with Crippen LogP contribution in [-0.2, 0) is 12.8 Å². The summed E-state index contributed by atoms with van der Waals surface area (Å²) in [7, 11) is 0. The Bertz CT molecular complexity index is 634. The molecule has 20 heavy (non-hydrogen) atoms. The number of aromatic nitrogens is 2. The summed E-state index contributed by atoms with van der Waals surface area (Å²) in [6.07, 6.45) is 3.55. The molecule has 0 bridgehead atoms. The van der Waals surface area contributed by atoms with Crippen molar-refractivity contribution in [2.24, 2.45) is 11.8 Å². The molecule has 3 rings (SSSR count). The third-order valence-corrected chi connectivity index (χ3v) is 6.13. The minimum atomic E-state index is 0.637. The summed E-state index contributed by atoms with van der Waals surface area (Å²) in [5.74, 6) is 3.12. The fourth-order valence-corrected chi connectivity index (χ4v) is 4.91. The van der Waals surface area contributed by atoms with E-state index in [2.05, 4.69) is 25.8 Å². The minimum absolute atomic E-state index is 0.637. The zero-order valence-electron chi connectivity index (χ0n) is 12.3. The first-order valence-electron chi connectivity index (χ1n) is 7.25. The van der Waals surface area contributed by atoms with Gasteiger partial charge >= 0.3 is 0 Å². The minimum Gasteiger partial charge on any atom is -0.383 e. The third-order valence-electron chi connectivity index (χ3n) is 3.71. The Morgan fingerprint density at radius 3 is 2.95 bits per heavy atom. The third kappa shape index (κ3) is 2.66. The Morgan fingerprint density at radius 2 is 2.20 bits per heavy atom. The lowest BCUT2D eigenvalue weighted by atomic mass is 9.89. The zero-order chi connectivity index (χ0) is 14.3. The largest absolute Gasteiger partial charge is 0.383 e. The van der Waals surface area contributed by atoms with Crippen molar-refractivity contribution in [1.29, 1.82) is 0 Å². The summed E-state index contributed by atoms with van der Waals surface area (Å²) in [6, 6.07) is 0. The lowest BCUT2D eigenvalue weighted by Gasteiger charge is -2.17. The second-order valence-corrected chi connectivity index (χ2v) is 8.20. The Labute approximate surface area is 128 Å². The van der Waals surface area contributed by atoms with E-state index in [1.165, 1.54) is 23.3 Å². The molecular formula is C15H21N3S2. The number of aryl methyl sites for hydroxylation is 1. The van der Waals surface area contributed by atoms with Gasteiger partial charge in [-0.05, 0) is 36.7 Å². The van der Waals surface area contributed by atoms with E-state index < -0.39 is 0 Å². The van der Waals surface area contributed by atoms with E-state index in [0.717, 1.165) is 33.5 Å². The highest BCUT2D eigenvalue weighted by Crippen LogP contribution is 2.39. The van der Waals surface area contributed by atoms with Crippen molar-refractivity contribution in [2.75, 3.05) is 11.5 Å². The molecule has 5 heteroatoms. The maximum absolute atomic E-state index is 6.21. The maximum atomic E-state index is 6.21. The average molecular weight is 307 g/mol. The monoisotopic (exact) mass is 307 g/mol. The summed E-state index contributed by atoms with van der Waals surface area (Å²) in [5.41, 5.74) is 7.63. The summed E-state index contributed by atoms with van der Waals surface area (Å²) in [6.45, 7) is 6.74. The first-order chi connectivity index (χ1) is 9.54. The lowest BCUT2D eigenvalue weighted by molar-refractivity contribution is 0.509. The van der Waals surface area contributed by atoms with Gasteiger partial charge in [0, 0.05) is 10.6 Å². The van der Waals surface area contributed by atoms with Crippen LogP contribution in [0.4, 0.5) is 5.82 Å². The normalized spacial score (nSPS) is 18.7. The van der Waals surface area contributed by atoms with Gasteiger partial charge in [0.15, 0.2) is 5.16 Å². The lowest BCUT2D eigenvalue weighted by Crippen LogP contribution is -2.09. The van der Waals surface area contributed by atoms with E-state index in [1.54, 1.807) is 11.8 Å². The van der Waals surface area contributed by atoms with Crippen LogP contribution in [0.2, 0.25) is 0 Å². The summed E-state index contributed by atoms with van der Waals surface area (Å²) >= 11 is 3.53. The molecule has 2 N–H and O–H groups in total. The number of nitrogen functional groups attached to an aromatic ring is 1. The van der Waals surface area contributed by atoms with Gasteiger partial charge in [0.1, 0.15) is 10.6 Å². The molecule has 2 aromatic rings. The van der Waals surface area contributed by atoms with Crippen LogP contribution in [0.1, 0.15) is 37.6 Å². The SMILES string of the molecule is CC(C)CSc1nc(N)c2c3c(sc2n1)C[C@@H](C)CC3. The van der Waals surface area contributed by atoms with Crippen molar-refractivity contribution in [3.05, 3.63) is 10.4 Å². The van der Waals surface area contributed by atoms with E-state index in [1.807, 2.05) is 11.3 Å². The van der Waals surface area contributed by atoms with Crippen molar-refractivity contribution in [3.63, 3.8) is 0 Å². The van der Waals surface area contributed by atoms with Gasteiger partial charge < -0.3 is 5.73 Å². The predicted octanol–water partition coefficient (Wildman–Crippen LogP) is 4.15. The van der Waals surface area contributed by atoms with Crippen molar-refractivity contribution in [3.8, 4) is 0 Å². The van der Waals surface area contributed by atoms with E-state index in [0.29, 0.717) is 11.7 Å². The Morgan fingerprint density at radius 1 is 1.40 bits per heavy atom. The number of thiophene rings is 1. The zero-order valence-corrected chi connectivity index (χ0v) is 13.9. The van der Waals surface area contributed by atoms with E-state index >= 15 is 0 Å². The van der Waals surface area contributed by atoms with Crippen molar-refractivity contribution in [1.82, 2.24) is 9.97 Å². The Balaban J connectivity index is 2.00. The van der Waals surface area contributed by atoms with Crippen LogP contribution in [0.25, 0.3) is 10.2 Å². The smallest absolute Gasteiger partial charge is 0.190 e. The molecule has 2 heterocycles. The van der Waals surface area contributed by atoms with Gasteiger partial charge in [-0.15, -0.1) is 11.3 Å². The van der Waals surface area contributed by atoms with E-state index in [-0.39, 0.29) is 0 Å². The molecule has 0 saturated carbocycles. The van der Waals surface area contributed by atoms with Gasteiger partial charge in [-0.25, -0.2) is 9.97 Å². The topological polar surface area (TPSA) is 51.8 Å². The number of fused-ring (bicyclic) bond motifs is 3. The molecule has 0 saturated heterocycles. The molecule has 1 atom stereocenters. The fraction of sp³-hybridized carbons (Fsp3) is 0.600. The number of hydrogen-bond donors (Lipinski definition) is 1. The quantitative estimate of drug-likeness (QED) is 0.684. The van der Waals surface area contributed by atoms with Crippen LogP contribution < -0.4 is 5.73 Å². The summed E-state index contributed by atoms with van der Waals surface area (Å²) < 4.78 is 0. The van der Waals surface area contributed by atoms with Crippen molar-refractivity contribution < 1.29 is 0 Å². The number of nitrogens with two attached hydrogens (primary N) is 1. The molecule has 0 spiro atoms. The van der Waals surface area contributed by atoms with Gasteiger partial charge in [-0.3, -0.25) is 0 Å². The number of nitrogens with zero attached hydrogens (tertiary/aromatic N) is 2. The molecule has 108 valence electrons. The van der Waals surface area contributed by atoms with Crippen LogP contribution >= 0.6 is 23.1 Å². The van der Waals surface area contributed by atoms with Gasteiger partial charge in [-0.1, -0.05) is 32.5 Å². The Kier molecular flexibility index (Phi) is 3.91. The van der Waals surface area contributed by atoms with E-state index in [9.17, 15) is 0 Å². The highest BCUT2D eigenvalue weighted by atomic mass is 32.2. The molecule has 0 aliphatic heterocycles. The van der Waals surface area contributed by atoms with Crippen LogP contribution in [0.5, 0.6) is 0 Å². The molecule has 0 fully saturated rings. The van der Waals surface area contributed by atoms with Gasteiger partial charge in [-0.2, -0.15) is 0 Å². The van der Waals surface area contributed by atoms with Gasteiger partial charge in [0.25, 0.3) is 0 Å². The second kappa shape index (κ2) is 5.53. The number of thioether (sulfide) groups is 1. The standard InChI is InChI=1S/C15H21N3S2/c1-8(2)7-19-15-17-13(16)12-10-5-4-9(3)6-11(10)20-14(12)18-15/h8-9H,4-7H2,1-3H3,(H2,16,17,18)/t9-/m0/s1. The number of anilines is 1. The number of hydrogen-bond acceptors (Lipinski definition) is 5. The van der Waals surface area contributed by atoms with Crippen LogP contribution in [0.15, 0.2) is 5.16 Å². The molecule has 3 nitrogen and oxygen atoms in total. The fourth-order valence-electron chi connectivity index (χ4n) is 2.66. The molecule has 0 aromatic carbocycles. The van der Waals surface area contributed by atoms with Gasteiger partial charge in [0.2, 0.25) is 0 Å². The van der Waals surface area contributed by atoms with Crippen LogP contribution in [0.3, 0.4) is 0 Å². The predicted molar refractivity (Wildman–Crippen MR) is 88.6 cm³/mol. The molecule has 0 unspecified atom stereocenters. The average Bonchev–Trinajstić information content (AvgIpc) is 2.73. The van der Waals surface area contributed by atoms with Crippen LogP contribution in [0, 0.1) is 11.8 Å². The second-order valence-electron chi connectivity index (χ2n) is 6.13. The summed E-state index contributed by atoms with van der Waals surface area (Å²) in [4.78, 5) is 11.8.